The Bertz CT molecular complexity index is 627. The van der Waals surface area contributed by atoms with Gasteiger partial charge in [-0.3, -0.25) is 4.90 Å². The normalized spacial score (nSPS) is 18.2. The lowest BCUT2D eigenvalue weighted by Gasteiger charge is -2.32. The Morgan fingerprint density at radius 3 is 2.43 bits per heavy atom. The Kier molecular flexibility index (Phi) is 11.4. The van der Waals surface area contributed by atoms with Gasteiger partial charge in [-0.1, -0.05) is 24.3 Å². The number of benzene rings is 1. The lowest BCUT2D eigenvalue weighted by Crippen LogP contribution is -2.43. The second-order valence-electron chi connectivity index (χ2n) is 8.51. The van der Waals surface area contributed by atoms with Crippen LogP contribution in [0.3, 0.4) is 0 Å². The fourth-order valence-electron chi connectivity index (χ4n) is 3.49. The van der Waals surface area contributed by atoms with Crippen LogP contribution >= 0.6 is 24.0 Å². The minimum absolute atomic E-state index is 0. The highest BCUT2D eigenvalue weighted by Gasteiger charge is 2.21. The molecule has 7 heteroatoms. The molecule has 0 aromatic heterocycles. The van der Waals surface area contributed by atoms with Crippen LogP contribution in [-0.2, 0) is 17.8 Å². The van der Waals surface area contributed by atoms with Crippen LogP contribution in [0.15, 0.2) is 29.3 Å². The number of likely N-dealkylation sites (N-methyl/N-ethyl adjacent to an activating group) is 2. The molecule has 0 spiro atoms. The lowest BCUT2D eigenvalue weighted by atomic mass is 10.1. The van der Waals surface area contributed by atoms with Gasteiger partial charge in [-0.2, -0.15) is 0 Å². The van der Waals surface area contributed by atoms with Crippen molar-refractivity contribution in [1.82, 2.24) is 20.0 Å². The molecule has 30 heavy (non-hydrogen) atoms. The number of nitrogens with one attached hydrogen (secondary N) is 1. The minimum Gasteiger partial charge on any atom is -0.379 e. The highest BCUT2D eigenvalue weighted by atomic mass is 127. The van der Waals surface area contributed by atoms with Crippen LogP contribution in [0.5, 0.6) is 0 Å². The first-order valence-corrected chi connectivity index (χ1v) is 11.2. The molecule has 3 rings (SSSR count). The molecule has 1 N–H and O–H groups in total. The van der Waals surface area contributed by atoms with Crippen LogP contribution in [0.4, 0.5) is 0 Å². The van der Waals surface area contributed by atoms with Gasteiger partial charge in [-0.25, -0.2) is 4.99 Å². The number of hydrogen-bond acceptors (Lipinski definition) is 4. The summed E-state index contributed by atoms with van der Waals surface area (Å²) in [5.74, 6) is 1.77. The number of aliphatic imine (C=N–C) groups is 1. The van der Waals surface area contributed by atoms with Gasteiger partial charge >= 0.3 is 0 Å². The van der Waals surface area contributed by atoms with Crippen molar-refractivity contribution in [1.29, 1.82) is 0 Å². The Hall–Kier alpha value is -0.900. The molecule has 1 aromatic carbocycles. The molecule has 0 amide bonds. The molecule has 0 atom stereocenters. The number of ether oxygens (including phenoxy) is 1. The molecule has 1 saturated carbocycles. The van der Waals surface area contributed by atoms with Crippen molar-refractivity contribution in [3.05, 3.63) is 35.4 Å². The lowest BCUT2D eigenvalue weighted by molar-refractivity contribution is 0.115. The van der Waals surface area contributed by atoms with Gasteiger partial charge in [0.25, 0.3) is 0 Å². The molecule has 0 radical (unpaired) electrons. The molecule has 1 heterocycles. The van der Waals surface area contributed by atoms with Gasteiger partial charge in [0.2, 0.25) is 0 Å². The third-order valence-electron chi connectivity index (χ3n) is 5.75. The molecule has 0 bridgehead atoms. The van der Waals surface area contributed by atoms with Crippen molar-refractivity contribution in [2.45, 2.75) is 32.9 Å². The van der Waals surface area contributed by atoms with Crippen LogP contribution < -0.4 is 5.32 Å². The Balaban J connectivity index is 0.00000320. The van der Waals surface area contributed by atoms with Gasteiger partial charge in [0, 0.05) is 59.5 Å². The fraction of sp³-hybridized carbons (Fsp3) is 0.696. The van der Waals surface area contributed by atoms with Gasteiger partial charge < -0.3 is 19.9 Å². The van der Waals surface area contributed by atoms with Crippen molar-refractivity contribution < 1.29 is 4.74 Å². The largest absolute Gasteiger partial charge is 0.379 e. The fourth-order valence-corrected chi connectivity index (χ4v) is 3.49. The molecule has 6 nitrogen and oxygen atoms in total. The maximum atomic E-state index is 5.77. The van der Waals surface area contributed by atoms with Crippen LogP contribution in [0, 0.1) is 5.92 Å². The van der Waals surface area contributed by atoms with Gasteiger partial charge in [0.1, 0.15) is 0 Å². The molecule has 2 fully saturated rings. The summed E-state index contributed by atoms with van der Waals surface area (Å²) in [4.78, 5) is 11.9. The summed E-state index contributed by atoms with van der Waals surface area (Å²) in [6, 6.07) is 8.95. The molecule has 1 aliphatic heterocycles. The smallest absolute Gasteiger partial charge is 0.194 e. The summed E-state index contributed by atoms with van der Waals surface area (Å²) in [6.07, 6.45) is 2.68. The zero-order valence-electron chi connectivity index (χ0n) is 19.0. The van der Waals surface area contributed by atoms with Gasteiger partial charge in [0.05, 0.1) is 13.2 Å². The average Bonchev–Trinajstić information content (AvgIpc) is 3.55. The predicted octanol–water partition coefficient (Wildman–Crippen LogP) is 2.88. The first-order valence-electron chi connectivity index (χ1n) is 11.2. The van der Waals surface area contributed by atoms with E-state index in [0.717, 1.165) is 57.8 Å². The first kappa shape index (κ1) is 25.4. The summed E-state index contributed by atoms with van der Waals surface area (Å²) in [5, 5.41) is 3.39. The van der Waals surface area contributed by atoms with E-state index in [2.05, 4.69) is 65.3 Å². The van der Waals surface area contributed by atoms with E-state index in [0.29, 0.717) is 6.54 Å². The standard InChI is InChI=1S/C23H39N5O.HI/c1-4-24-23(27(3)15-16-29-19-22-9-10-22)25-17-20-5-7-21(8-6-20)18-28-13-11-26(2)12-14-28;/h5-8,22H,4,9-19H2,1-3H3,(H,24,25);1H. The van der Waals surface area contributed by atoms with E-state index in [1.165, 1.54) is 37.1 Å². The second kappa shape index (κ2) is 13.5. The minimum atomic E-state index is 0. The quantitative estimate of drug-likeness (QED) is 0.219. The molecule has 0 unspecified atom stereocenters. The average molecular weight is 530 g/mol. The summed E-state index contributed by atoms with van der Waals surface area (Å²) < 4.78 is 5.77. The maximum Gasteiger partial charge on any atom is 0.194 e. The second-order valence-corrected chi connectivity index (χ2v) is 8.51. The number of rotatable bonds is 10. The van der Waals surface area contributed by atoms with Crippen molar-refractivity contribution in [2.75, 3.05) is 66.6 Å². The van der Waals surface area contributed by atoms with Crippen LogP contribution in [0.1, 0.15) is 30.9 Å². The van der Waals surface area contributed by atoms with E-state index in [9.17, 15) is 0 Å². The van der Waals surface area contributed by atoms with E-state index in [4.69, 9.17) is 9.73 Å². The van der Waals surface area contributed by atoms with Crippen molar-refractivity contribution in [2.24, 2.45) is 10.9 Å². The van der Waals surface area contributed by atoms with Crippen LogP contribution in [0.2, 0.25) is 0 Å². The summed E-state index contributed by atoms with van der Waals surface area (Å²) in [7, 11) is 4.29. The number of guanidine groups is 1. The van der Waals surface area contributed by atoms with E-state index in [-0.39, 0.29) is 24.0 Å². The maximum absolute atomic E-state index is 5.77. The predicted molar refractivity (Wildman–Crippen MR) is 136 cm³/mol. The molecule has 1 aliphatic carbocycles. The van der Waals surface area contributed by atoms with E-state index < -0.39 is 0 Å². The first-order chi connectivity index (χ1) is 14.1. The van der Waals surface area contributed by atoms with E-state index in [1.807, 2.05) is 0 Å². The van der Waals surface area contributed by atoms with Gasteiger partial charge in [0.15, 0.2) is 5.96 Å². The summed E-state index contributed by atoms with van der Waals surface area (Å²) in [5.41, 5.74) is 2.64. The van der Waals surface area contributed by atoms with Crippen molar-refractivity contribution in [3.63, 3.8) is 0 Å². The zero-order valence-corrected chi connectivity index (χ0v) is 21.3. The molecular formula is C23H40IN5O. The highest BCUT2D eigenvalue weighted by molar-refractivity contribution is 14.0. The SMILES string of the molecule is CCNC(=NCc1ccc(CN2CCN(C)CC2)cc1)N(C)CCOCC1CC1.I. The van der Waals surface area contributed by atoms with Gasteiger partial charge in [-0.15, -0.1) is 24.0 Å². The summed E-state index contributed by atoms with van der Waals surface area (Å²) in [6.45, 7) is 11.9. The van der Waals surface area contributed by atoms with E-state index >= 15 is 0 Å². The summed E-state index contributed by atoms with van der Waals surface area (Å²) >= 11 is 0. The molecule has 1 saturated heterocycles. The number of nitrogens with zero attached hydrogens (tertiary/aromatic N) is 4. The number of hydrogen-bond donors (Lipinski definition) is 1. The highest BCUT2D eigenvalue weighted by Crippen LogP contribution is 2.28. The van der Waals surface area contributed by atoms with Crippen LogP contribution in [-0.4, -0.2) is 87.2 Å². The third kappa shape index (κ3) is 9.08. The van der Waals surface area contributed by atoms with E-state index in [1.54, 1.807) is 0 Å². The molecule has 1 aromatic rings. The Labute approximate surface area is 200 Å². The third-order valence-corrected chi connectivity index (χ3v) is 5.75. The van der Waals surface area contributed by atoms with Crippen molar-refractivity contribution in [3.8, 4) is 0 Å². The zero-order chi connectivity index (χ0) is 20.5. The van der Waals surface area contributed by atoms with Crippen molar-refractivity contribution >= 4 is 29.9 Å². The number of piperazine rings is 1. The Morgan fingerprint density at radius 1 is 1.13 bits per heavy atom. The molecule has 170 valence electrons. The van der Waals surface area contributed by atoms with Crippen LogP contribution in [0.25, 0.3) is 0 Å². The van der Waals surface area contributed by atoms with Gasteiger partial charge in [-0.05, 0) is 43.9 Å². The molecule has 2 aliphatic rings. The number of halogens is 1. The monoisotopic (exact) mass is 529 g/mol. The topological polar surface area (TPSA) is 43.3 Å². The Morgan fingerprint density at radius 2 is 1.80 bits per heavy atom. The molecular weight excluding hydrogens is 489 g/mol.